The van der Waals surface area contributed by atoms with Crippen molar-refractivity contribution in [2.45, 2.75) is 55.4 Å². The maximum atomic E-state index is 5.05. The van der Waals surface area contributed by atoms with E-state index in [-0.39, 0.29) is 21.7 Å². The Hall–Kier alpha value is -8.48. The van der Waals surface area contributed by atoms with Gasteiger partial charge in [0, 0.05) is 35.6 Å². The van der Waals surface area contributed by atoms with Gasteiger partial charge in [-0.2, -0.15) is 0 Å². The first-order chi connectivity index (χ1) is 35.6. The van der Waals surface area contributed by atoms with E-state index in [9.17, 15) is 0 Å². The lowest BCUT2D eigenvalue weighted by molar-refractivity contribution is 0.249. The van der Waals surface area contributed by atoms with Crippen LogP contribution in [0.4, 0.5) is 0 Å². The van der Waals surface area contributed by atoms with Crippen molar-refractivity contribution < 1.29 is 0 Å². The van der Waals surface area contributed by atoms with E-state index in [4.69, 9.17) is 9.97 Å². The SMILES string of the molecule is CC(C)(C)C1=CC2=CC(c3ccc(-c4cc(-c5ccccn5)nc(-c5ccccn5)c4)cc3)=C3C=C(C(C)(C)C)C=C4C=C(c5ccc(-c6cc(-c7ccccn7)nc(-c7ccccn7)c6)cc5)C(=C1)[C@]2(C)[C@]43C. The highest BCUT2D eigenvalue weighted by Gasteiger charge is 2.59. The van der Waals surface area contributed by atoms with Gasteiger partial charge in [-0.1, -0.05) is 152 Å². The van der Waals surface area contributed by atoms with Crippen molar-refractivity contribution in [3.63, 3.8) is 0 Å². The van der Waals surface area contributed by atoms with E-state index < -0.39 is 0 Å². The van der Waals surface area contributed by atoms with Crippen molar-refractivity contribution in [2.75, 3.05) is 0 Å². The molecule has 4 aliphatic carbocycles. The predicted octanol–water partition coefficient (Wildman–Crippen LogP) is 16.7. The van der Waals surface area contributed by atoms with Crippen molar-refractivity contribution in [3.05, 3.63) is 251 Å². The molecule has 0 amide bonds. The van der Waals surface area contributed by atoms with Crippen LogP contribution in [0.15, 0.2) is 240 Å². The largest absolute Gasteiger partial charge is 0.255 e. The van der Waals surface area contributed by atoms with Crippen molar-refractivity contribution in [1.82, 2.24) is 29.9 Å². The average Bonchev–Trinajstić information content (AvgIpc) is 3.42. The summed E-state index contributed by atoms with van der Waals surface area (Å²) in [6.45, 7) is 19.0. The summed E-state index contributed by atoms with van der Waals surface area (Å²) >= 11 is 0. The zero-order chi connectivity index (χ0) is 51.0. The number of allylic oxidation sites excluding steroid dienone is 14. The number of benzene rings is 2. The molecule has 8 aromatic rings. The first-order valence-corrected chi connectivity index (χ1v) is 25.6. The number of rotatable bonds is 8. The third-order valence-electron chi connectivity index (χ3n) is 15.8. The molecule has 0 N–H and O–H groups in total. The molecule has 2 atom stereocenters. The van der Waals surface area contributed by atoms with E-state index in [1.54, 1.807) is 0 Å². The summed E-state index contributed by atoms with van der Waals surface area (Å²) < 4.78 is 0. The Bertz CT molecular complexity index is 3640. The highest BCUT2D eigenvalue weighted by Crippen LogP contribution is 2.70. The summed E-state index contributed by atoms with van der Waals surface area (Å²) in [6, 6.07) is 50.7. The Balaban J connectivity index is 0.990. The summed E-state index contributed by atoms with van der Waals surface area (Å²) in [5.74, 6) is 0. The summed E-state index contributed by atoms with van der Waals surface area (Å²) in [6.07, 6.45) is 22.4. The molecule has 0 aliphatic heterocycles. The molecule has 6 aromatic heterocycles. The minimum Gasteiger partial charge on any atom is -0.255 e. The molecule has 4 aliphatic rings. The number of nitrogens with zero attached hydrogens (tertiary/aromatic N) is 6. The molecule has 6 nitrogen and oxygen atoms in total. The summed E-state index contributed by atoms with van der Waals surface area (Å²) in [7, 11) is 0. The highest BCUT2D eigenvalue weighted by atomic mass is 14.8. The lowest BCUT2D eigenvalue weighted by atomic mass is 9.43. The monoisotopic (exact) mass is 958 g/mol. The zero-order valence-electron chi connectivity index (χ0n) is 43.3. The molecular weight excluding hydrogens is 901 g/mol. The maximum absolute atomic E-state index is 5.05. The molecular formula is C68H58N6. The fraction of sp³-hybridized carbons (Fsp3) is 0.176. The van der Waals surface area contributed by atoms with Crippen LogP contribution in [0, 0.1) is 21.7 Å². The van der Waals surface area contributed by atoms with Crippen LogP contribution in [0.5, 0.6) is 0 Å². The van der Waals surface area contributed by atoms with E-state index in [1.807, 2.05) is 97.6 Å². The first-order valence-electron chi connectivity index (χ1n) is 25.6. The highest BCUT2D eigenvalue weighted by molar-refractivity contribution is 5.95. The fourth-order valence-electron chi connectivity index (χ4n) is 11.3. The van der Waals surface area contributed by atoms with E-state index in [2.05, 4.69) is 185 Å². The van der Waals surface area contributed by atoms with Crippen LogP contribution < -0.4 is 0 Å². The summed E-state index contributed by atoms with van der Waals surface area (Å²) in [5, 5.41) is 0. The molecule has 0 fully saturated rings. The van der Waals surface area contributed by atoms with Crippen molar-refractivity contribution in [1.29, 1.82) is 0 Å². The Morgan fingerprint density at radius 3 is 1.14 bits per heavy atom. The second kappa shape index (κ2) is 17.6. The van der Waals surface area contributed by atoms with Crippen LogP contribution in [-0.4, -0.2) is 29.9 Å². The lowest BCUT2D eigenvalue weighted by Gasteiger charge is -2.59. The third-order valence-corrected chi connectivity index (χ3v) is 15.8. The van der Waals surface area contributed by atoms with E-state index in [0.29, 0.717) is 0 Å². The van der Waals surface area contributed by atoms with Gasteiger partial charge in [0.2, 0.25) is 0 Å². The second-order valence-electron chi connectivity index (χ2n) is 22.4. The maximum Gasteiger partial charge on any atom is 0.0900 e. The topological polar surface area (TPSA) is 77.3 Å². The van der Waals surface area contributed by atoms with Gasteiger partial charge in [-0.25, -0.2) is 9.97 Å². The fourth-order valence-corrected chi connectivity index (χ4v) is 11.3. The van der Waals surface area contributed by atoms with Crippen molar-refractivity contribution in [2.24, 2.45) is 21.7 Å². The van der Waals surface area contributed by atoms with Crippen LogP contribution in [0.2, 0.25) is 0 Å². The van der Waals surface area contributed by atoms with Gasteiger partial charge >= 0.3 is 0 Å². The smallest absolute Gasteiger partial charge is 0.0900 e. The molecule has 360 valence electrons. The molecule has 6 heteroatoms. The molecule has 2 aromatic carbocycles. The Labute approximate surface area is 435 Å². The zero-order valence-corrected chi connectivity index (χ0v) is 43.3. The Morgan fingerprint density at radius 2 is 0.730 bits per heavy atom. The predicted molar refractivity (Wildman–Crippen MR) is 303 cm³/mol. The molecule has 6 heterocycles. The average molecular weight is 959 g/mol. The standard InChI is InChI=1S/C68H58N6/c1-65(2,3)49-37-51-39-54(46-27-23-44(24-28-46)48-35-63(59-19-11-15-31-71-59)74-64(36-48)60-20-12-16-32-72-60)56-42-50(66(4,5)6)38-52-40-53(55(41-49)67(51,7)68(52,56)8)45-25-21-43(22-26-45)47-33-61(57-17-9-13-29-69-57)73-62(34-47)58-18-10-14-30-70-58/h9-42H,1-8H3/t67-,68-/m1/s1. The van der Waals surface area contributed by atoms with Crippen molar-refractivity contribution >= 4 is 11.1 Å². The van der Waals surface area contributed by atoms with Gasteiger partial charge in [0.25, 0.3) is 0 Å². The molecule has 74 heavy (non-hydrogen) atoms. The van der Waals surface area contributed by atoms with Gasteiger partial charge in [-0.15, -0.1) is 0 Å². The van der Waals surface area contributed by atoms with Crippen LogP contribution in [0.3, 0.4) is 0 Å². The molecule has 0 saturated heterocycles. The molecule has 0 radical (unpaired) electrons. The van der Waals surface area contributed by atoms with Crippen LogP contribution in [-0.2, 0) is 0 Å². The van der Waals surface area contributed by atoms with Gasteiger partial charge in [0.1, 0.15) is 0 Å². The van der Waals surface area contributed by atoms with Gasteiger partial charge in [-0.3, -0.25) is 19.9 Å². The minimum absolute atomic E-state index is 0.0936. The number of hydrogen-bond acceptors (Lipinski definition) is 6. The van der Waals surface area contributed by atoms with Gasteiger partial charge < -0.3 is 0 Å². The van der Waals surface area contributed by atoms with E-state index in [1.165, 1.54) is 55.7 Å². The van der Waals surface area contributed by atoms with Crippen molar-refractivity contribution in [3.8, 4) is 67.8 Å². The minimum atomic E-state index is -0.379. The van der Waals surface area contributed by atoms with E-state index >= 15 is 0 Å². The number of pyridine rings is 6. The Morgan fingerprint density at radius 1 is 0.338 bits per heavy atom. The molecule has 0 bridgehead atoms. The van der Waals surface area contributed by atoms with Gasteiger partial charge in [-0.05, 0) is 174 Å². The van der Waals surface area contributed by atoms with Gasteiger partial charge in [0.15, 0.2) is 0 Å². The molecule has 0 spiro atoms. The molecule has 0 saturated carbocycles. The normalized spacial score (nSPS) is 19.1. The molecule has 0 unspecified atom stereocenters. The third kappa shape index (κ3) is 7.97. The lowest BCUT2D eigenvalue weighted by Crippen LogP contribution is -2.49. The summed E-state index contributed by atoms with van der Waals surface area (Å²) in [5.41, 5.74) is 22.8. The van der Waals surface area contributed by atoms with Gasteiger partial charge in [0.05, 0.1) is 45.6 Å². The Kier molecular flexibility index (Phi) is 11.1. The quantitative estimate of drug-likeness (QED) is 0.151. The number of aromatic nitrogens is 6. The first kappa shape index (κ1) is 46.6. The van der Waals surface area contributed by atoms with Crippen LogP contribution in [0.1, 0.15) is 66.5 Å². The van der Waals surface area contributed by atoms with Crippen LogP contribution in [0.25, 0.3) is 79.0 Å². The van der Waals surface area contributed by atoms with Crippen LogP contribution >= 0.6 is 0 Å². The summed E-state index contributed by atoms with van der Waals surface area (Å²) in [4.78, 5) is 28.8. The van der Waals surface area contributed by atoms with E-state index in [0.717, 1.165) is 67.8 Å². The number of hydrogen-bond donors (Lipinski definition) is 0. The second-order valence-corrected chi connectivity index (χ2v) is 22.4. The molecule has 12 rings (SSSR count).